The summed E-state index contributed by atoms with van der Waals surface area (Å²) in [6.45, 7) is 6.15. The van der Waals surface area contributed by atoms with Crippen molar-refractivity contribution in [1.82, 2.24) is 4.57 Å². The van der Waals surface area contributed by atoms with E-state index in [0.717, 1.165) is 13.1 Å². The maximum atomic E-state index is 2.30. The fraction of sp³-hybridized carbons (Fsp3) is 0.211. The number of aromatic nitrogens is 2. The van der Waals surface area contributed by atoms with Crippen molar-refractivity contribution in [2.45, 2.75) is 26.9 Å². The Kier molecular flexibility index (Phi) is 3.87. The molecular formula is C19H21N2+. The van der Waals surface area contributed by atoms with Gasteiger partial charge in [-0.1, -0.05) is 60.2 Å². The fourth-order valence-corrected chi connectivity index (χ4v) is 2.55. The average molecular weight is 277 g/mol. The first kappa shape index (κ1) is 13.6. The van der Waals surface area contributed by atoms with Gasteiger partial charge >= 0.3 is 0 Å². The highest BCUT2D eigenvalue weighted by Gasteiger charge is 2.12. The van der Waals surface area contributed by atoms with E-state index >= 15 is 0 Å². The lowest BCUT2D eigenvalue weighted by Gasteiger charge is -2.03. The minimum Gasteiger partial charge on any atom is -0.230 e. The number of nitrogens with zero attached hydrogens (tertiary/aromatic N) is 2. The van der Waals surface area contributed by atoms with Crippen LogP contribution in [0.4, 0.5) is 0 Å². The Balaban J connectivity index is 1.77. The average Bonchev–Trinajstić information content (AvgIpc) is 2.84. The maximum Gasteiger partial charge on any atom is 0.253 e. The van der Waals surface area contributed by atoms with Gasteiger partial charge in [0.15, 0.2) is 0 Å². The lowest BCUT2D eigenvalue weighted by atomic mass is 10.1. The molecule has 106 valence electrons. The van der Waals surface area contributed by atoms with E-state index in [4.69, 9.17) is 0 Å². The minimum atomic E-state index is 0.924. The molecule has 3 rings (SSSR count). The molecular weight excluding hydrogens is 256 g/mol. The molecule has 0 radical (unpaired) electrons. The summed E-state index contributed by atoms with van der Waals surface area (Å²) in [5, 5.41) is 0. The molecule has 2 aromatic carbocycles. The van der Waals surface area contributed by atoms with Gasteiger partial charge in [-0.2, -0.15) is 0 Å². The van der Waals surface area contributed by atoms with Crippen molar-refractivity contribution >= 4 is 0 Å². The first-order valence-electron chi connectivity index (χ1n) is 7.37. The van der Waals surface area contributed by atoms with Crippen LogP contribution in [0.25, 0.3) is 0 Å². The van der Waals surface area contributed by atoms with Crippen molar-refractivity contribution in [3.8, 4) is 0 Å². The van der Waals surface area contributed by atoms with Gasteiger partial charge in [0, 0.05) is 6.92 Å². The van der Waals surface area contributed by atoms with Crippen molar-refractivity contribution in [3.63, 3.8) is 0 Å². The summed E-state index contributed by atoms with van der Waals surface area (Å²) in [6.07, 6.45) is 4.33. The second kappa shape index (κ2) is 5.96. The molecule has 0 unspecified atom stereocenters. The van der Waals surface area contributed by atoms with Crippen molar-refractivity contribution in [2.24, 2.45) is 0 Å². The predicted molar refractivity (Wildman–Crippen MR) is 85.2 cm³/mol. The molecule has 3 aromatic rings. The molecule has 1 heterocycles. The molecule has 0 aliphatic rings. The van der Waals surface area contributed by atoms with Crippen molar-refractivity contribution in [3.05, 3.63) is 89.5 Å². The Morgan fingerprint density at radius 2 is 1.57 bits per heavy atom. The van der Waals surface area contributed by atoms with Crippen LogP contribution in [0.2, 0.25) is 0 Å². The fourth-order valence-electron chi connectivity index (χ4n) is 2.55. The maximum absolute atomic E-state index is 2.30. The van der Waals surface area contributed by atoms with Gasteiger partial charge in [0.05, 0.1) is 0 Å². The number of hydrogen-bond donors (Lipinski definition) is 0. The van der Waals surface area contributed by atoms with Crippen LogP contribution < -0.4 is 4.57 Å². The summed E-state index contributed by atoms with van der Waals surface area (Å²) in [5.74, 6) is 1.28. The van der Waals surface area contributed by atoms with Gasteiger partial charge < -0.3 is 0 Å². The standard InChI is InChI=1S/C19H21N2/c1-16-8-10-19(11-9-16)15-21-13-12-20(17(21)2)14-18-6-4-3-5-7-18/h3-13H,14-15H2,1-2H3/q+1. The molecule has 0 saturated carbocycles. The number of benzene rings is 2. The van der Waals surface area contributed by atoms with E-state index in [0.29, 0.717) is 0 Å². The largest absolute Gasteiger partial charge is 0.253 e. The zero-order valence-electron chi connectivity index (χ0n) is 12.7. The van der Waals surface area contributed by atoms with E-state index < -0.39 is 0 Å². The molecule has 2 heteroatoms. The van der Waals surface area contributed by atoms with Crippen LogP contribution in [0.1, 0.15) is 22.5 Å². The van der Waals surface area contributed by atoms with Gasteiger partial charge in [-0.25, -0.2) is 9.13 Å². The SMILES string of the molecule is Cc1ccc(Cn2cc[n+](Cc3ccccc3)c2C)cc1. The number of imidazole rings is 1. The molecule has 0 N–H and O–H groups in total. The minimum absolute atomic E-state index is 0.924. The zero-order valence-corrected chi connectivity index (χ0v) is 12.7. The Labute approximate surface area is 126 Å². The van der Waals surface area contributed by atoms with Crippen molar-refractivity contribution < 1.29 is 4.57 Å². The molecule has 0 amide bonds. The summed E-state index contributed by atoms with van der Waals surface area (Å²) in [5.41, 5.74) is 3.98. The molecule has 0 fully saturated rings. The van der Waals surface area contributed by atoms with Crippen LogP contribution in [-0.4, -0.2) is 4.57 Å². The Morgan fingerprint density at radius 3 is 2.29 bits per heavy atom. The monoisotopic (exact) mass is 277 g/mol. The van der Waals surface area contributed by atoms with Gasteiger partial charge in [-0.05, 0) is 18.1 Å². The molecule has 0 atom stereocenters. The number of hydrogen-bond acceptors (Lipinski definition) is 0. The first-order chi connectivity index (χ1) is 10.2. The van der Waals surface area contributed by atoms with Gasteiger partial charge in [0.1, 0.15) is 25.5 Å². The topological polar surface area (TPSA) is 8.81 Å². The smallest absolute Gasteiger partial charge is 0.230 e. The van der Waals surface area contributed by atoms with E-state index in [2.05, 4.69) is 90.0 Å². The van der Waals surface area contributed by atoms with E-state index in [1.54, 1.807) is 0 Å². The van der Waals surface area contributed by atoms with E-state index in [9.17, 15) is 0 Å². The van der Waals surface area contributed by atoms with Crippen LogP contribution in [0, 0.1) is 13.8 Å². The third-order valence-electron chi connectivity index (χ3n) is 3.93. The Morgan fingerprint density at radius 1 is 0.857 bits per heavy atom. The van der Waals surface area contributed by atoms with Gasteiger partial charge in [-0.3, -0.25) is 0 Å². The summed E-state index contributed by atoms with van der Waals surface area (Å²) >= 11 is 0. The molecule has 1 aromatic heterocycles. The van der Waals surface area contributed by atoms with E-state index in [-0.39, 0.29) is 0 Å². The van der Waals surface area contributed by atoms with E-state index in [1.165, 1.54) is 22.5 Å². The highest BCUT2D eigenvalue weighted by molar-refractivity contribution is 5.21. The highest BCUT2D eigenvalue weighted by Crippen LogP contribution is 2.07. The van der Waals surface area contributed by atoms with Crippen LogP contribution in [0.15, 0.2) is 67.0 Å². The van der Waals surface area contributed by atoms with Gasteiger partial charge in [0.2, 0.25) is 0 Å². The lowest BCUT2D eigenvalue weighted by Crippen LogP contribution is -2.36. The molecule has 0 bridgehead atoms. The summed E-state index contributed by atoms with van der Waals surface area (Å²) in [4.78, 5) is 0. The first-order valence-corrected chi connectivity index (χ1v) is 7.37. The molecule has 0 aliphatic heterocycles. The normalized spacial score (nSPS) is 10.8. The number of rotatable bonds is 4. The van der Waals surface area contributed by atoms with E-state index in [1.807, 2.05) is 0 Å². The highest BCUT2D eigenvalue weighted by atomic mass is 15.1. The van der Waals surface area contributed by atoms with Crippen molar-refractivity contribution in [1.29, 1.82) is 0 Å². The second-order valence-electron chi connectivity index (χ2n) is 5.57. The van der Waals surface area contributed by atoms with Gasteiger partial charge in [-0.15, -0.1) is 0 Å². The van der Waals surface area contributed by atoms with Crippen molar-refractivity contribution in [2.75, 3.05) is 0 Å². The van der Waals surface area contributed by atoms with Crippen LogP contribution >= 0.6 is 0 Å². The predicted octanol–water partition coefficient (Wildman–Crippen LogP) is 3.49. The summed E-state index contributed by atoms with van der Waals surface area (Å²) in [7, 11) is 0. The Hall–Kier alpha value is -2.35. The lowest BCUT2D eigenvalue weighted by molar-refractivity contribution is -0.693. The molecule has 2 nitrogen and oxygen atoms in total. The Bertz CT molecular complexity index is 709. The summed E-state index contributed by atoms with van der Waals surface area (Å²) < 4.78 is 4.59. The van der Waals surface area contributed by atoms with Gasteiger partial charge in [0.25, 0.3) is 5.82 Å². The van der Waals surface area contributed by atoms with Crippen LogP contribution in [0.5, 0.6) is 0 Å². The number of aryl methyl sites for hydroxylation is 1. The quantitative estimate of drug-likeness (QED) is 0.646. The molecule has 21 heavy (non-hydrogen) atoms. The van der Waals surface area contributed by atoms with Crippen LogP contribution in [0.3, 0.4) is 0 Å². The second-order valence-corrected chi connectivity index (χ2v) is 5.57. The molecule has 0 aliphatic carbocycles. The summed E-state index contributed by atoms with van der Waals surface area (Å²) in [6, 6.07) is 19.3. The molecule has 0 saturated heterocycles. The molecule has 0 spiro atoms. The zero-order chi connectivity index (χ0) is 14.7. The van der Waals surface area contributed by atoms with Crippen LogP contribution in [-0.2, 0) is 13.1 Å². The third-order valence-corrected chi connectivity index (χ3v) is 3.93. The third kappa shape index (κ3) is 3.22.